The van der Waals surface area contributed by atoms with Gasteiger partial charge in [0.1, 0.15) is 0 Å². The predicted octanol–water partition coefficient (Wildman–Crippen LogP) is 3.36. The lowest BCUT2D eigenvalue weighted by Crippen LogP contribution is -2.03. The molecule has 2 rings (SSSR count). The number of rotatable bonds is 2. The summed E-state index contributed by atoms with van der Waals surface area (Å²) in [7, 11) is 0. The summed E-state index contributed by atoms with van der Waals surface area (Å²) in [4.78, 5) is 3.47. The van der Waals surface area contributed by atoms with Crippen molar-refractivity contribution in [3.63, 3.8) is 0 Å². The summed E-state index contributed by atoms with van der Waals surface area (Å²) in [5.41, 5.74) is 12.1. The zero-order valence-electron chi connectivity index (χ0n) is 9.95. The van der Waals surface area contributed by atoms with Gasteiger partial charge in [-0.05, 0) is 56.5 Å². The number of hydrogen-bond acceptors (Lipinski definition) is 1. The molecule has 1 aromatic heterocycles. The van der Waals surface area contributed by atoms with Crippen molar-refractivity contribution in [1.29, 1.82) is 0 Å². The molecule has 0 aliphatic carbocycles. The normalized spacial score (nSPS) is 11.3. The molecule has 0 aliphatic heterocycles. The van der Waals surface area contributed by atoms with Crippen LogP contribution < -0.4 is 5.73 Å². The van der Waals surface area contributed by atoms with Crippen molar-refractivity contribution >= 4 is 26.8 Å². The lowest BCUT2D eigenvalue weighted by atomic mass is 10.0. The van der Waals surface area contributed by atoms with Crippen LogP contribution in [0.3, 0.4) is 0 Å². The lowest BCUT2D eigenvalue weighted by Gasteiger charge is -2.06. The summed E-state index contributed by atoms with van der Waals surface area (Å²) < 4.78 is 1.18. The molecule has 0 bridgehead atoms. The highest BCUT2D eigenvalue weighted by Gasteiger charge is 2.13. The highest BCUT2D eigenvalue weighted by Crippen LogP contribution is 2.32. The Labute approximate surface area is 104 Å². The molecule has 1 heterocycles. The average molecular weight is 281 g/mol. The maximum atomic E-state index is 5.68. The maximum absolute atomic E-state index is 5.68. The Balaban J connectivity index is 2.85. The Hall–Kier alpha value is -0.800. The van der Waals surface area contributed by atoms with Gasteiger partial charge < -0.3 is 10.7 Å². The van der Waals surface area contributed by atoms with E-state index in [1.54, 1.807) is 0 Å². The molecule has 0 spiro atoms. The Morgan fingerprint density at radius 1 is 1.31 bits per heavy atom. The molecule has 0 unspecified atom stereocenters. The second-order valence-electron chi connectivity index (χ2n) is 4.32. The smallest absolute Gasteiger partial charge is 0.0492 e. The number of H-pyrrole nitrogens is 1. The van der Waals surface area contributed by atoms with E-state index in [1.807, 2.05) is 0 Å². The number of hydrogen-bond donors (Lipinski definition) is 2. The van der Waals surface area contributed by atoms with Gasteiger partial charge in [-0.25, -0.2) is 0 Å². The number of halogens is 1. The first-order valence-corrected chi connectivity index (χ1v) is 6.32. The molecule has 0 saturated carbocycles. The van der Waals surface area contributed by atoms with Crippen LogP contribution in [0.25, 0.3) is 10.9 Å². The molecule has 0 amide bonds. The van der Waals surface area contributed by atoms with Crippen molar-refractivity contribution < 1.29 is 0 Å². The molecule has 0 fully saturated rings. The Kier molecular flexibility index (Phi) is 3.08. The molecule has 2 aromatic rings. The van der Waals surface area contributed by atoms with Crippen molar-refractivity contribution in [3.05, 3.63) is 32.9 Å². The second kappa shape index (κ2) is 4.22. The fourth-order valence-corrected chi connectivity index (χ4v) is 2.86. The van der Waals surface area contributed by atoms with Crippen molar-refractivity contribution in [2.75, 3.05) is 6.54 Å². The third-order valence-electron chi connectivity index (χ3n) is 3.18. The topological polar surface area (TPSA) is 41.8 Å². The standard InChI is InChI=1S/C13H17BrN2/c1-7-6-11(14)8(2)12-10(4-5-15)9(3)16-13(7)12/h6,16H,4-5,15H2,1-3H3. The van der Waals surface area contributed by atoms with Gasteiger partial charge in [-0.2, -0.15) is 0 Å². The lowest BCUT2D eigenvalue weighted by molar-refractivity contribution is 0.962. The minimum atomic E-state index is 0.693. The molecular weight excluding hydrogens is 264 g/mol. The highest BCUT2D eigenvalue weighted by atomic mass is 79.9. The molecule has 2 nitrogen and oxygen atoms in total. The van der Waals surface area contributed by atoms with Gasteiger partial charge in [0.15, 0.2) is 0 Å². The minimum Gasteiger partial charge on any atom is -0.358 e. The largest absolute Gasteiger partial charge is 0.358 e. The molecule has 0 aliphatic rings. The number of aromatic amines is 1. The van der Waals surface area contributed by atoms with E-state index in [0.29, 0.717) is 6.54 Å². The summed E-state index contributed by atoms with van der Waals surface area (Å²) in [5, 5.41) is 1.34. The molecule has 3 heteroatoms. The van der Waals surface area contributed by atoms with E-state index in [1.165, 1.54) is 37.8 Å². The first-order valence-electron chi connectivity index (χ1n) is 5.53. The SMILES string of the molecule is Cc1[nH]c2c(C)cc(Br)c(C)c2c1CCN. The summed E-state index contributed by atoms with van der Waals surface area (Å²) in [5.74, 6) is 0. The number of aromatic nitrogens is 1. The Morgan fingerprint density at radius 3 is 2.62 bits per heavy atom. The Bertz CT molecular complexity index is 541. The van der Waals surface area contributed by atoms with Gasteiger partial charge in [0, 0.05) is 21.1 Å². The fraction of sp³-hybridized carbons (Fsp3) is 0.385. The fourth-order valence-electron chi connectivity index (χ4n) is 2.32. The monoisotopic (exact) mass is 280 g/mol. The van der Waals surface area contributed by atoms with E-state index in [9.17, 15) is 0 Å². The second-order valence-corrected chi connectivity index (χ2v) is 5.17. The zero-order chi connectivity index (χ0) is 11.9. The van der Waals surface area contributed by atoms with Crippen molar-refractivity contribution in [2.24, 2.45) is 5.73 Å². The summed E-state index contributed by atoms with van der Waals surface area (Å²) in [6, 6.07) is 2.17. The van der Waals surface area contributed by atoms with Gasteiger partial charge >= 0.3 is 0 Å². The third kappa shape index (κ3) is 1.68. The highest BCUT2D eigenvalue weighted by molar-refractivity contribution is 9.10. The van der Waals surface area contributed by atoms with Crippen molar-refractivity contribution in [3.8, 4) is 0 Å². The molecule has 16 heavy (non-hydrogen) atoms. The zero-order valence-corrected chi connectivity index (χ0v) is 11.5. The van der Waals surface area contributed by atoms with E-state index in [4.69, 9.17) is 5.73 Å². The minimum absolute atomic E-state index is 0.693. The number of nitrogens with one attached hydrogen (secondary N) is 1. The van der Waals surface area contributed by atoms with Gasteiger partial charge in [-0.1, -0.05) is 15.9 Å². The summed E-state index contributed by atoms with van der Waals surface area (Å²) in [6.07, 6.45) is 0.933. The van der Waals surface area contributed by atoms with Crippen LogP contribution in [-0.2, 0) is 6.42 Å². The van der Waals surface area contributed by atoms with E-state index in [2.05, 4.69) is 47.8 Å². The third-order valence-corrected chi connectivity index (χ3v) is 4.01. The number of fused-ring (bicyclic) bond motifs is 1. The molecule has 0 atom stereocenters. The number of aryl methyl sites for hydroxylation is 3. The van der Waals surface area contributed by atoms with E-state index in [0.717, 1.165) is 6.42 Å². The molecular formula is C13H17BrN2. The Morgan fingerprint density at radius 2 is 2.00 bits per heavy atom. The van der Waals surface area contributed by atoms with Gasteiger partial charge in [0.2, 0.25) is 0 Å². The van der Waals surface area contributed by atoms with Crippen LogP contribution in [0.4, 0.5) is 0 Å². The first-order chi connectivity index (χ1) is 7.56. The van der Waals surface area contributed by atoms with Crippen LogP contribution in [0, 0.1) is 20.8 Å². The maximum Gasteiger partial charge on any atom is 0.0492 e. The molecule has 1 aromatic carbocycles. The van der Waals surface area contributed by atoms with Crippen LogP contribution in [0.5, 0.6) is 0 Å². The van der Waals surface area contributed by atoms with Crippen LogP contribution in [0.1, 0.15) is 22.4 Å². The van der Waals surface area contributed by atoms with Gasteiger partial charge in [-0.15, -0.1) is 0 Å². The number of benzene rings is 1. The van der Waals surface area contributed by atoms with Gasteiger partial charge in [0.05, 0.1) is 0 Å². The van der Waals surface area contributed by atoms with E-state index >= 15 is 0 Å². The van der Waals surface area contributed by atoms with Gasteiger partial charge in [0.25, 0.3) is 0 Å². The van der Waals surface area contributed by atoms with E-state index < -0.39 is 0 Å². The van der Waals surface area contributed by atoms with Crippen molar-refractivity contribution in [2.45, 2.75) is 27.2 Å². The van der Waals surface area contributed by atoms with Crippen molar-refractivity contribution in [1.82, 2.24) is 4.98 Å². The quantitative estimate of drug-likeness (QED) is 0.870. The predicted molar refractivity (Wildman–Crippen MR) is 73.0 cm³/mol. The summed E-state index contributed by atoms with van der Waals surface area (Å²) in [6.45, 7) is 7.10. The molecule has 0 saturated heterocycles. The number of nitrogens with two attached hydrogens (primary N) is 1. The van der Waals surface area contributed by atoms with Crippen LogP contribution in [-0.4, -0.2) is 11.5 Å². The van der Waals surface area contributed by atoms with Crippen LogP contribution in [0.15, 0.2) is 10.5 Å². The first kappa shape index (κ1) is 11.7. The summed E-state index contributed by atoms with van der Waals surface area (Å²) >= 11 is 3.62. The van der Waals surface area contributed by atoms with E-state index in [-0.39, 0.29) is 0 Å². The molecule has 3 N–H and O–H groups in total. The average Bonchev–Trinajstić information content (AvgIpc) is 2.55. The molecule has 0 radical (unpaired) electrons. The van der Waals surface area contributed by atoms with Crippen LogP contribution >= 0.6 is 15.9 Å². The van der Waals surface area contributed by atoms with Gasteiger partial charge in [-0.3, -0.25) is 0 Å². The van der Waals surface area contributed by atoms with Crippen LogP contribution in [0.2, 0.25) is 0 Å². The molecule has 86 valence electrons.